The van der Waals surface area contributed by atoms with Crippen LogP contribution in [-0.2, 0) is 11.3 Å². The molecule has 0 radical (unpaired) electrons. The molecule has 4 rings (SSSR count). The van der Waals surface area contributed by atoms with E-state index in [4.69, 9.17) is 20.4 Å². The first-order chi connectivity index (χ1) is 15.6. The summed E-state index contributed by atoms with van der Waals surface area (Å²) in [5.41, 5.74) is 1.19. The average Bonchev–Trinajstić information content (AvgIpc) is 3.50. The van der Waals surface area contributed by atoms with Crippen molar-refractivity contribution >= 4 is 29.5 Å². The lowest BCUT2D eigenvalue weighted by Crippen LogP contribution is -2.34. The summed E-state index contributed by atoms with van der Waals surface area (Å²) in [5.74, 6) is 0.623. The molecule has 6 nitrogen and oxygen atoms in total. The Morgan fingerprint density at radius 2 is 1.69 bits per heavy atom. The minimum Gasteiger partial charge on any atom is -0.467 e. The molecule has 0 aliphatic carbocycles. The molecule has 0 fully saturated rings. The second-order valence-electron chi connectivity index (χ2n) is 6.82. The Morgan fingerprint density at radius 3 is 2.44 bits per heavy atom. The van der Waals surface area contributed by atoms with Gasteiger partial charge in [0, 0.05) is 17.2 Å². The lowest BCUT2D eigenvalue weighted by molar-refractivity contribution is -0.118. The van der Waals surface area contributed by atoms with Gasteiger partial charge < -0.3 is 19.5 Å². The Kier molecular flexibility index (Phi) is 6.53. The largest absolute Gasteiger partial charge is 0.467 e. The van der Waals surface area contributed by atoms with Crippen LogP contribution in [0, 0.1) is 0 Å². The maximum Gasteiger partial charge on any atom is 0.268 e. The van der Waals surface area contributed by atoms with Gasteiger partial charge >= 0.3 is 0 Å². The van der Waals surface area contributed by atoms with Crippen molar-refractivity contribution < 1.29 is 18.4 Å². The van der Waals surface area contributed by atoms with Crippen molar-refractivity contribution in [1.29, 1.82) is 0 Å². The van der Waals surface area contributed by atoms with Crippen molar-refractivity contribution in [2.45, 2.75) is 6.54 Å². The molecule has 0 saturated heterocycles. The van der Waals surface area contributed by atoms with Gasteiger partial charge in [-0.2, -0.15) is 0 Å². The molecular formula is C25H19ClN2O4. The van der Waals surface area contributed by atoms with Gasteiger partial charge in [0.2, 0.25) is 0 Å². The van der Waals surface area contributed by atoms with E-state index in [-0.39, 0.29) is 12.2 Å². The smallest absolute Gasteiger partial charge is 0.268 e. The minimum absolute atomic E-state index is 0.0328. The van der Waals surface area contributed by atoms with Crippen LogP contribution in [0.1, 0.15) is 21.9 Å². The summed E-state index contributed by atoms with van der Waals surface area (Å²) in [7, 11) is 0. The van der Waals surface area contributed by atoms with Gasteiger partial charge in [-0.3, -0.25) is 9.59 Å². The summed E-state index contributed by atoms with van der Waals surface area (Å²) < 4.78 is 11.1. The molecule has 2 heterocycles. The van der Waals surface area contributed by atoms with E-state index in [9.17, 15) is 9.59 Å². The summed E-state index contributed by atoms with van der Waals surface area (Å²) in [5, 5.41) is 5.94. The summed E-state index contributed by atoms with van der Waals surface area (Å²) in [4.78, 5) is 25.5. The minimum atomic E-state index is -0.485. The fraction of sp³-hybridized carbons (Fsp3) is 0.0400. The van der Waals surface area contributed by atoms with E-state index in [1.807, 2.05) is 24.3 Å². The molecule has 160 valence electrons. The Hall–Kier alpha value is -4.03. The molecule has 32 heavy (non-hydrogen) atoms. The fourth-order valence-corrected chi connectivity index (χ4v) is 3.23. The standard InChI is InChI=1S/C25H19ClN2O4/c26-21-11-5-4-10-20(21)23-13-12-18(32-23)15-22(25(30)27-16-19-9-6-14-31-19)28-24(29)17-7-2-1-3-8-17/h1-15H,16H2,(H,27,30)(H,28,29)/b22-15+. The molecular weight excluding hydrogens is 428 g/mol. The number of benzene rings is 2. The summed E-state index contributed by atoms with van der Waals surface area (Å²) in [6.45, 7) is 0.174. The van der Waals surface area contributed by atoms with Crippen molar-refractivity contribution in [3.63, 3.8) is 0 Å². The first-order valence-corrected chi connectivity index (χ1v) is 10.2. The van der Waals surface area contributed by atoms with Crippen LogP contribution in [-0.4, -0.2) is 11.8 Å². The van der Waals surface area contributed by atoms with E-state index in [1.165, 1.54) is 12.3 Å². The molecule has 2 amide bonds. The lowest BCUT2D eigenvalue weighted by atomic mass is 10.2. The topological polar surface area (TPSA) is 84.5 Å². The van der Waals surface area contributed by atoms with E-state index >= 15 is 0 Å². The van der Waals surface area contributed by atoms with Crippen LogP contribution >= 0.6 is 11.6 Å². The number of carbonyl (C=O) groups excluding carboxylic acids is 2. The first kappa shape index (κ1) is 21.2. The number of hydrogen-bond acceptors (Lipinski definition) is 4. The maximum atomic E-state index is 12.8. The number of nitrogens with one attached hydrogen (secondary N) is 2. The Bertz CT molecular complexity index is 1240. The first-order valence-electron chi connectivity index (χ1n) is 9.83. The number of carbonyl (C=O) groups is 2. The summed E-state index contributed by atoms with van der Waals surface area (Å²) in [6, 6.07) is 22.8. The van der Waals surface area contributed by atoms with Crippen molar-refractivity contribution in [2.24, 2.45) is 0 Å². The van der Waals surface area contributed by atoms with Crippen LogP contribution in [0.5, 0.6) is 0 Å². The normalized spacial score (nSPS) is 11.2. The Balaban J connectivity index is 1.59. The molecule has 2 aromatic carbocycles. The lowest BCUT2D eigenvalue weighted by Gasteiger charge is -2.10. The van der Waals surface area contributed by atoms with Crippen LogP contribution in [0.4, 0.5) is 0 Å². The van der Waals surface area contributed by atoms with Gasteiger partial charge in [-0.1, -0.05) is 41.9 Å². The van der Waals surface area contributed by atoms with E-state index in [0.717, 1.165) is 5.56 Å². The van der Waals surface area contributed by atoms with Crippen molar-refractivity contribution in [3.05, 3.63) is 113 Å². The molecule has 2 aromatic heterocycles. The zero-order valence-corrected chi connectivity index (χ0v) is 17.6. The average molecular weight is 447 g/mol. The van der Waals surface area contributed by atoms with Crippen LogP contribution in [0.2, 0.25) is 5.02 Å². The highest BCUT2D eigenvalue weighted by Gasteiger charge is 2.16. The molecule has 0 unspecified atom stereocenters. The van der Waals surface area contributed by atoms with E-state index in [1.54, 1.807) is 54.6 Å². The van der Waals surface area contributed by atoms with Crippen LogP contribution < -0.4 is 10.6 Å². The fourth-order valence-electron chi connectivity index (χ4n) is 3.00. The number of hydrogen-bond donors (Lipinski definition) is 2. The molecule has 4 aromatic rings. The van der Waals surface area contributed by atoms with E-state index in [0.29, 0.717) is 27.9 Å². The quantitative estimate of drug-likeness (QED) is 0.378. The third-order valence-electron chi connectivity index (χ3n) is 4.58. The van der Waals surface area contributed by atoms with Gasteiger partial charge in [0.15, 0.2) is 0 Å². The zero-order chi connectivity index (χ0) is 22.3. The molecule has 0 aliphatic heterocycles. The van der Waals surface area contributed by atoms with Gasteiger partial charge in [-0.25, -0.2) is 0 Å². The van der Waals surface area contributed by atoms with Crippen molar-refractivity contribution in [3.8, 4) is 11.3 Å². The van der Waals surface area contributed by atoms with Crippen molar-refractivity contribution in [2.75, 3.05) is 0 Å². The van der Waals surface area contributed by atoms with Gasteiger partial charge in [0.05, 0.1) is 17.8 Å². The molecule has 2 N–H and O–H groups in total. The van der Waals surface area contributed by atoms with E-state index < -0.39 is 11.8 Å². The Morgan fingerprint density at radius 1 is 0.906 bits per heavy atom. The summed E-state index contributed by atoms with van der Waals surface area (Å²) in [6.07, 6.45) is 2.99. The van der Waals surface area contributed by atoms with Crippen LogP contribution in [0.25, 0.3) is 17.4 Å². The number of halogens is 1. The van der Waals surface area contributed by atoms with E-state index in [2.05, 4.69) is 10.6 Å². The van der Waals surface area contributed by atoms with Gasteiger partial charge in [-0.05, 0) is 48.5 Å². The molecule has 0 saturated carbocycles. The van der Waals surface area contributed by atoms with Crippen LogP contribution in [0.15, 0.2) is 99.7 Å². The highest BCUT2D eigenvalue weighted by atomic mass is 35.5. The SMILES string of the molecule is O=C(NCc1ccco1)/C(=C\c1ccc(-c2ccccc2Cl)o1)NC(=O)c1ccccc1. The number of furan rings is 2. The van der Waals surface area contributed by atoms with Crippen LogP contribution in [0.3, 0.4) is 0 Å². The number of rotatable bonds is 7. The molecule has 0 spiro atoms. The second kappa shape index (κ2) is 9.85. The zero-order valence-electron chi connectivity index (χ0n) is 16.9. The molecule has 0 bridgehead atoms. The number of amides is 2. The summed E-state index contributed by atoms with van der Waals surface area (Å²) >= 11 is 6.25. The highest BCUT2D eigenvalue weighted by molar-refractivity contribution is 6.33. The highest BCUT2D eigenvalue weighted by Crippen LogP contribution is 2.29. The Labute approximate surface area is 189 Å². The molecule has 7 heteroatoms. The third kappa shape index (κ3) is 5.17. The monoisotopic (exact) mass is 446 g/mol. The predicted molar refractivity (Wildman–Crippen MR) is 122 cm³/mol. The van der Waals surface area contributed by atoms with Gasteiger partial charge in [0.1, 0.15) is 23.0 Å². The maximum absolute atomic E-state index is 12.8. The second-order valence-corrected chi connectivity index (χ2v) is 7.23. The van der Waals surface area contributed by atoms with Gasteiger partial charge in [0.25, 0.3) is 11.8 Å². The molecule has 0 atom stereocenters. The molecule has 0 aliphatic rings. The van der Waals surface area contributed by atoms with Crippen molar-refractivity contribution in [1.82, 2.24) is 10.6 Å². The third-order valence-corrected chi connectivity index (χ3v) is 4.91. The predicted octanol–water partition coefficient (Wildman–Crippen LogP) is 5.28. The van der Waals surface area contributed by atoms with Gasteiger partial charge in [-0.15, -0.1) is 0 Å².